The summed E-state index contributed by atoms with van der Waals surface area (Å²) >= 11 is 0. The van der Waals surface area contributed by atoms with E-state index < -0.39 is 12.2 Å². The number of fused-ring (bicyclic) bond motifs is 1. The van der Waals surface area contributed by atoms with Crippen LogP contribution in [0.1, 0.15) is 35.3 Å². The number of nitrogens with zero attached hydrogens (tertiary/aromatic N) is 3. The molecule has 0 bridgehead atoms. The average Bonchev–Trinajstić information content (AvgIpc) is 2.96. The number of benzene rings is 2. The summed E-state index contributed by atoms with van der Waals surface area (Å²) in [5, 5.41) is 13.3. The van der Waals surface area contributed by atoms with E-state index in [1.54, 1.807) is 4.90 Å². The fraction of sp³-hybridized carbons (Fsp3) is 0.379. The molecule has 0 radical (unpaired) electrons. The van der Waals surface area contributed by atoms with Crippen molar-refractivity contribution in [3.05, 3.63) is 84.4 Å². The molecule has 2 aromatic carbocycles. The van der Waals surface area contributed by atoms with Crippen LogP contribution in [0.2, 0.25) is 0 Å². The molecule has 10 heteroatoms. The predicted molar refractivity (Wildman–Crippen MR) is 141 cm³/mol. The predicted octanol–water partition coefficient (Wildman–Crippen LogP) is 2.72. The van der Waals surface area contributed by atoms with Crippen molar-refractivity contribution in [2.24, 2.45) is 0 Å². The topological polar surface area (TPSA) is 123 Å². The molecule has 3 heterocycles. The molecule has 4 atom stereocenters. The lowest BCUT2D eigenvalue weighted by Crippen LogP contribution is -2.57. The van der Waals surface area contributed by atoms with Gasteiger partial charge in [0.25, 0.3) is 5.91 Å². The first-order chi connectivity index (χ1) is 19.0. The number of carbonyl (C=O) groups is 2. The first-order valence-corrected chi connectivity index (χ1v) is 13.1. The maximum Gasteiger partial charge on any atom is 0.274 e. The number of aliphatic hydroxyl groups is 1. The number of hydrogen-bond donors (Lipinski definition) is 2. The highest BCUT2D eigenvalue weighted by Crippen LogP contribution is 2.28. The zero-order valence-electron chi connectivity index (χ0n) is 21.5. The summed E-state index contributed by atoms with van der Waals surface area (Å²) in [4.78, 5) is 35.6. The Labute approximate surface area is 226 Å². The molecule has 10 nitrogen and oxygen atoms in total. The number of β-amino-alcohol motifs (C(OH)–C–C–N with tert-alkyl or cyclic N) is 1. The minimum atomic E-state index is -0.811. The van der Waals surface area contributed by atoms with Crippen LogP contribution in [-0.4, -0.2) is 75.9 Å². The van der Waals surface area contributed by atoms with Gasteiger partial charge < -0.3 is 29.5 Å². The SMILES string of the molecule is O=C(C[C@@H]1CC[C@H]2[C@@H](COC[C@H](O)CN2C(=O)c2cnccn2)O1)NCc1ccc(Oc2ccccc2)cc1. The minimum Gasteiger partial charge on any atom is -0.457 e. The van der Waals surface area contributed by atoms with E-state index in [1.165, 1.54) is 18.6 Å². The Hall–Kier alpha value is -3.86. The zero-order chi connectivity index (χ0) is 27.0. The van der Waals surface area contributed by atoms with Gasteiger partial charge in [0.15, 0.2) is 0 Å². The summed E-state index contributed by atoms with van der Waals surface area (Å²) in [6.07, 6.45) is 4.29. The standard InChI is InChI=1S/C29H32N4O6/c34-21-17-33(29(36)25-16-30-12-13-31-25)26-11-10-24(39-27(26)19-37-18-21)14-28(35)32-15-20-6-8-23(9-7-20)38-22-4-2-1-3-5-22/h1-9,12-13,16,21,24,26-27,34H,10-11,14-15,17-19H2,(H,32,35)/t21-,24+,26+,27-/m1/s1. The minimum absolute atomic E-state index is 0.0944. The van der Waals surface area contributed by atoms with E-state index in [2.05, 4.69) is 15.3 Å². The second-order valence-electron chi connectivity index (χ2n) is 9.72. The Morgan fingerprint density at radius 3 is 2.59 bits per heavy atom. The Bertz CT molecular complexity index is 1230. The van der Waals surface area contributed by atoms with Gasteiger partial charge in [-0.05, 0) is 42.7 Å². The Morgan fingerprint density at radius 1 is 1.03 bits per heavy atom. The molecule has 2 aliphatic rings. The van der Waals surface area contributed by atoms with Gasteiger partial charge in [-0.2, -0.15) is 0 Å². The molecule has 1 aromatic heterocycles. The van der Waals surface area contributed by atoms with Crippen LogP contribution >= 0.6 is 0 Å². The Kier molecular flexibility index (Phi) is 8.77. The number of nitrogens with one attached hydrogen (secondary N) is 1. The molecule has 2 aliphatic heterocycles. The molecule has 2 amide bonds. The van der Waals surface area contributed by atoms with Crippen molar-refractivity contribution in [3.8, 4) is 11.5 Å². The number of ether oxygens (including phenoxy) is 3. The van der Waals surface area contributed by atoms with Gasteiger partial charge in [0.2, 0.25) is 5.91 Å². The molecule has 0 spiro atoms. The van der Waals surface area contributed by atoms with Gasteiger partial charge in [-0.1, -0.05) is 30.3 Å². The molecule has 2 fully saturated rings. The lowest BCUT2D eigenvalue weighted by molar-refractivity contribution is -0.151. The van der Waals surface area contributed by atoms with Gasteiger partial charge in [-0.25, -0.2) is 4.98 Å². The lowest BCUT2D eigenvalue weighted by Gasteiger charge is -2.44. The summed E-state index contributed by atoms with van der Waals surface area (Å²) in [7, 11) is 0. The molecular weight excluding hydrogens is 500 g/mol. The third-order valence-electron chi connectivity index (χ3n) is 6.83. The number of aromatic nitrogens is 2. The van der Waals surface area contributed by atoms with Crippen LogP contribution < -0.4 is 10.1 Å². The van der Waals surface area contributed by atoms with Crippen molar-refractivity contribution >= 4 is 11.8 Å². The molecule has 0 unspecified atom stereocenters. The van der Waals surface area contributed by atoms with Gasteiger partial charge in [0, 0.05) is 25.5 Å². The van der Waals surface area contributed by atoms with E-state index in [4.69, 9.17) is 14.2 Å². The van der Waals surface area contributed by atoms with Crippen molar-refractivity contribution < 1.29 is 28.9 Å². The van der Waals surface area contributed by atoms with E-state index >= 15 is 0 Å². The normalized spacial score (nSPS) is 23.2. The quantitative estimate of drug-likeness (QED) is 0.476. The lowest BCUT2D eigenvalue weighted by atomic mass is 9.94. The van der Waals surface area contributed by atoms with Crippen molar-refractivity contribution in [1.82, 2.24) is 20.2 Å². The molecule has 39 heavy (non-hydrogen) atoms. The Balaban J connectivity index is 1.13. The first-order valence-electron chi connectivity index (χ1n) is 13.1. The van der Waals surface area contributed by atoms with E-state index in [0.29, 0.717) is 19.4 Å². The summed E-state index contributed by atoms with van der Waals surface area (Å²) in [5.74, 6) is 1.07. The van der Waals surface area contributed by atoms with E-state index in [-0.39, 0.29) is 55.8 Å². The van der Waals surface area contributed by atoms with Crippen LogP contribution in [0.3, 0.4) is 0 Å². The molecule has 0 saturated carbocycles. The van der Waals surface area contributed by atoms with Crippen LogP contribution in [0, 0.1) is 0 Å². The van der Waals surface area contributed by atoms with Crippen molar-refractivity contribution in [3.63, 3.8) is 0 Å². The average molecular weight is 533 g/mol. The number of carbonyl (C=O) groups excluding carboxylic acids is 2. The highest BCUT2D eigenvalue weighted by atomic mass is 16.5. The fourth-order valence-electron chi connectivity index (χ4n) is 4.91. The number of aliphatic hydroxyl groups excluding tert-OH is 1. The van der Waals surface area contributed by atoms with Gasteiger partial charge in [0.1, 0.15) is 23.3 Å². The third-order valence-corrected chi connectivity index (χ3v) is 6.83. The van der Waals surface area contributed by atoms with Crippen molar-refractivity contribution in [2.45, 2.75) is 50.2 Å². The maximum absolute atomic E-state index is 13.2. The van der Waals surface area contributed by atoms with Gasteiger partial charge in [-0.15, -0.1) is 0 Å². The van der Waals surface area contributed by atoms with Crippen LogP contribution in [0.5, 0.6) is 11.5 Å². The van der Waals surface area contributed by atoms with Crippen LogP contribution in [0.15, 0.2) is 73.2 Å². The number of rotatable bonds is 7. The zero-order valence-corrected chi connectivity index (χ0v) is 21.5. The van der Waals surface area contributed by atoms with Gasteiger partial charge in [-0.3, -0.25) is 14.6 Å². The fourth-order valence-corrected chi connectivity index (χ4v) is 4.91. The van der Waals surface area contributed by atoms with Crippen molar-refractivity contribution in [1.29, 1.82) is 0 Å². The van der Waals surface area contributed by atoms with Gasteiger partial charge in [0.05, 0.1) is 44.1 Å². The smallest absolute Gasteiger partial charge is 0.274 e. The first kappa shape index (κ1) is 26.7. The molecule has 5 rings (SSSR count). The van der Waals surface area contributed by atoms with Crippen molar-refractivity contribution in [2.75, 3.05) is 19.8 Å². The van der Waals surface area contributed by atoms with Crippen LogP contribution in [-0.2, 0) is 20.8 Å². The summed E-state index contributed by atoms with van der Waals surface area (Å²) in [6, 6.07) is 16.8. The van der Waals surface area contributed by atoms with E-state index in [1.807, 2.05) is 54.6 Å². The Morgan fingerprint density at radius 2 is 1.82 bits per heavy atom. The van der Waals surface area contributed by atoms with E-state index in [0.717, 1.165) is 17.1 Å². The number of amides is 2. The molecule has 3 aromatic rings. The monoisotopic (exact) mass is 532 g/mol. The summed E-state index contributed by atoms with van der Waals surface area (Å²) in [6.45, 7) is 0.823. The molecule has 2 saturated heterocycles. The van der Waals surface area contributed by atoms with E-state index in [9.17, 15) is 14.7 Å². The maximum atomic E-state index is 13.2. The molecule has 204 valence electrons. The largest absolute Gasteiger partial charge is 0.457 e. The highest BCUT2D eigenvalue weighted by Gasteiger charge is 2.40. The second-order valence-corrected chi connectivity index (χ2v) is 9.72. The molecular formula is C29H32N4O6. The number of para-hydroxylation sites is 1. The van der Waals surface area contributed by atoms with Crippen LogP contribution in [0.25, 0.3) is 0 Å². The van der Waals surface area contributed by atoms with Gasteiger partial charge >= 0.3 is 0 Å². The molecule has 0 aliphatic carbocycles. The second kappa shape index (κ2) is 12.8. The highest BCUT2D eigenvalue weighted by molar-refractivity contribution is 5.92. The third kappa shape index (κ3) is 7.17. The summed E-state index contributed by atoms with van der Waals surface area (Å²) < 4.78 is 17.7. The molecule has 2 N–H and O–H groups in total. The number of hydrogen-bond acceptors (Lipinski definition) is 8. The summed E-state index contributed by atoms with van der Waals surface area (Å²) in [5.41, 5.74) is 1.17. The van der Waals surface area contributed by atoms with Crippen LogP contribution in [0.4, 0.5) is 0 Å².